The van der Waals surface area contributed by atoms with Gasteiger partial charge in [0.05, 0.1) is 0 Å². The van der Waals surface area contributed by atoms with Crippen molar-refractivity contribution in [2.75, 3.05) is 0 Å². The number of hydrogen-bond acceptors (Lipinski definition) is 1. The Morgan fingerprint density at radius 1 is 1.80 bits per heavy atom. The van der Waals surface area contributed by atoms with Crippen LogP contribution < -0.4 is 0 Å². The summed E-state index contributed by atoms with van der Waals surface area (Å²) in [6, 6.07) is 0. The van der Waals surface area contributed by atoms with E-state index in [0.29, 0.717) is 0 Å². The van der Waals surface area contributed by atoms with Crippen LogP contribution in [0.5, 0.6) is 0 Å². The molecule has 5 heavy (non-hydrogen) atoms. The molecule has 0 aromatic carbocycles. The van der Waals surface area contributed by atoms with E-state index < -0.39 is 5.30 Å². The first-order valence-corrected chi connectivity index (χ1v) is 1.10. The molecule has 0 rings (SSSR count). The van der Waals surface area contributed by atoms with Gasteiger partial charge in [0.25, 0.3) is 0 Å². The first-order valence-electron chi connectivity index (χ1n) is 0.651. The van der Waals surface area contributed by atoms with Crippen molar-refractivity contribution >= 4 is 86.8 Å². The Balaban J connectivity index is 0. The van der Waals surface area contributed by atoms with Crippen molar-refractivity contribution in [1.82, 2.24) is 0 Å². The SMILES string of the molecule is O=C(O)S.[CsH]. The number of carbonyl (C=O) groups is 1. The summed E-state index contributed by atoms with van der Waals surface area (Å²) in [4.78, 5) is 8.86. The molecule has 1 N–H and O–H groups in total. The maximum atomic E-state index is 8.86. The van der Waals surface area contributed by atoms with Crippen LogP contribution in [0.15, 0.2) is 0 Å². The van der Waals surface area contributed by atoms with Gasteiger partial charge in [-0.05, 0) is 0 Å². The van der Waals surface area contributed by atoms with E-state index in [2.05, 4.69) is 12.6 Å². The summed E-state index contributed by atoms with van der Waals surface area (Å²) in [6.07, 6.45) is 0. The van der Waals surface area contributed by atoms with Crippen LogP contribution in [0.3, 0.4) is 0 Å². The molecule has 0 aromatic rings. The maximum absolute atomic E-state index is 8.86. The summed E-state index contributed by atoms with van der Waals surface area (Å²) in [7, 11) is 0. The molecule has 0 aliphatic carbocycles. The first-order chi connectivity index (χ1) is 1.73. The average Bonchev–Trinajstić information content (AvgIpc) is 0.811. The van der Waals surface area contributed by atoms with Gasteiger partial charge in [-0.3, -0.25) is 0 Å². The third-order valence-corrected chi connectivity index (χ3v) is 0. The van der Waals surface area contributed by atoms with Gasteiger partial charge in [0.15, 0.2) is 0 Å². The van der Waals surface area contributed by atoms with Gasteiger partial charge in [0.1, 0.15) is 0 Å². The molecule has 0 unspecified atom stereocenters. The van der Waals surface area contributed by atoms with Gasteiger partial charge in [-0.25, -0.2) is 4.79 Å². The zero-order valence-electron chi connectivity index (χ0n) is 1.80. The van der Waals surface area contributed by atoms with E-state index in [0.717, 1.165) is 0 Å². The zero-order valence-corrected chi connectivity index (χ0v) is 2.70. The first kappa shape index (κ1) is 9.98. The molecule has 0 aliphatic heterocycles. The van der Waals surface area contributed by atoms with E-state index in [9.17, 15) is 0 Å². The fraction of sp³-hybridized carbons (Fsp3) is 0. The molecule has 0 atom stereocenters. The quantitative estimate of drug-likeness (QED) is 0.552. The van der Waals surface area contributed by atoms with Gasteiger partial charge in [-0.2, -0.15) is 0 Å². The summed E-state index contributed by atoms with van der Waals surface area (Å²) in [5, 5.41) is 6.14. The molecular formula is CH3CsO2S. The second-order valence-corrected chi connectivity index (χ2v) is 0.665. The third-order valence-electron chi connectivity index (χ3n) is 0. The number of carboxylic acid groups (broad SMARTS) is 1. The Labute approximate surface area is 94.2 Å². The molecule has 0 aliphatic rings. The topological polar surface area (TPSA) is 37.3 Å². The summed E-state index contributed by atoms with van der Waals surface area (Å²) < 4.78 is 0. The summed E-state index contributed by atoms with van der Waals surface area (Å²) in [6.45, 7) is 0. The van der Waals surface area contributed by atoms with Gasteiger partial charge in [-0.15, -0.1) is 0 Å². The van der Waals surface area contributed by atoms with Crippen molar-refractivity contribution in [2.45, 2.75) is 0 Å². The normalized spacial score (nSPS) is 5.00. The van der Waals surface area contributed by atoms with E-state index in [1.54, 1.807) is 0 Å². The second kappa shape index (κ2) is 5.87. The molecule has 0 heterocycles. The van der Waals surface area contributed by atoms with Crippen LogP contribution >= 0.6 is 12.6 Å². The van der Waals surface area contributed by atoms with E-state index in [1.807, 2.05) is 0 Å². The van der Waals surface area contributed by atoms with Crippen molar-refractivity contribution < 1.29 is 9.90 Å². The van der Waals surface area contributed by atoms with Gasteiger partial charge in [0.2, 0.25) is 0 Å². The monoisotopic (exact) mass is 212 g/mol. The van der Waals surface area contributed by atoms with Crippen LogP contribution in [-0.2, 0) is 0 Å². The average molecular weight is 212 g/mol. The van der Waals surface area contributed by atoms with Crippen LogP contribution in [0.2, 0.25) is 0 Å². The molecular weight excluding hydrogens is 209 g/mol. The second-order valence-electron chi connectivity index (χ2n) is 0.283. The van der Waals surface area contributed by atoms with Gasteiger partial charge < -0.3 is 5.11 Å². The Kier molecular flexibility index (Phi) is 11.7. The van der Waals surface area contributed by atoms with Crippen molar-refractivity contribution in [1.29, 1.82) is 0 Å². The van der Waals surface area contributed by atoms with Crippen LogP contribution in [0.25, 0.3) is 0 Å². The van der Waals surface area contributed by atoms with E-state index in [1.165, 1.54) is 0 Å². The molecule has 0 fully saturated rings. The molecule has 0 bridgehead atoms. The number of thiol groups is 1. The van der Waals surface area contributed by atoms with Crippen molar-refractivity contribution in [2.24, 2.45) is 0 Å². The van der Waals surface area contributed by atoms with Crippen molar-refractivity contribution in [3.63, 3.8) is 0 Å². The molecule has 0 saturated heterocycles. The molecule has 0 radical (unpaired) electrons. The molecule has 4 heteroatoms. The number of rotatable bonds is 0. The summed E-state index contributed by atoms with van der Waals surface area (Å²) in [5.41, 5.74) is 0. The van der Waals surface area contributed by atoms with Crippen LogP contribution in [0.1, 0.15) is 0 Å². The van der Waals surface area contributed by atoms with Crippen LogP contribution in [0.4, 0.5) is 4.79 Å². The molecule has 2 nitrogen and oxygen atoms in total. The summed E-state index contributed by atoms with van der Waals surface area (Å²) in [5.74, 6) is 0. The zero-order chi connectivity index (χ0) is 3.58. The standard InChI is InChI=1S/CH2O2S.Cs.H/c2-1(3)4;;/h4H,(H,2,3);;. The Morgan fingerprint density at radius 3 is 1.80 bits per heavy atom. The van der Waals surface area contributed by atoms with E-state index in [4.69, 9.17) is 9.90 Å². The van der Waals surface area contributed by atoms with Crippen LogP contribution in [-0.4, -0.2) is 79.3 Å². The minimum absolute atomic E-state index is 0. The third kappa shape index (κ3) is 25.1. The van der Waals surface area contributed by atoms with Gasteiger partial charge in [0, 0.05) is 0 Å². The molecule has 0 amide bonds. The molecule has 26 valence electrons. The van der Waals surface area contributed by atoms with Crippen molar-refractivity contribution in [3.05, 3.63) is 0 Å². The fourth-order valence-electron chi connectivity index (χ4n) is 0. The molecule has 0 spiro atoms. The Bertz CT molecular complexity index is 32.6. The van der Waals surface area contributed by atoms with Crippen LogP contribution in [0, 0.1) is 0 Å². The molecule has 0 aromatic heterocycles. The Morgan fingerprint density at radius 2 is 1.80 bits per heavy atom. The number of hydrogen-bond donors (Lipinski definition) is 2. The molecule has 0 saturated carbocycles. The predicted octanol–water partition coefficient (Wildman–Crippen LogP) is -0.0543. The van der Waals surface area contributed by atoms with Gasteiger partial charge in [-0.1, -0.05) is 12.6 Å². The predicted molar refractivity (Wildman–Crippen MR) is 24.2 cm³/mol. The van der Waals surface area contributed by atoms with Crippen molar-refractivity contribution in [3.8, 4) is 0 Å². The van der Waals surface area contributed by atoms with E-state index >= 15 is 0 Å². The summed E-state index contributed by atoms with van der Waals surface area (Å²) >= 11 is 2.88. The van der Waals surface area contributed by atoms with E-state index in [-0.39, 0.29) is 68.9 Å². The van der Waals surface area contributed by atoms with Gasteiger partial charge >= 0.3 is 74.2 Å². The Hall–Kier alpha value is 1.87. The fourth-order valence-corrected chi connectivity index (χ4v) is 0. The minimum atomic E-state index is -1.14.